The molecule has 0 heterocycles. The molecule has 136 valence electrons. The van der Waals surface area contributed by atoms with Crippen molar-refractivity contribution < 1.29 is 4.74 Å². The van der Waals surface area contributed by atoms with Gasteiger partial charge in [-0.1, -0.05) is 60.2 Å². The molecule has 1 N–H and O–H groups in total. The molecule has 0 aliphatic rings. The van der Waals surface area contributed by atoms with Crippen LogP contribution in [-0.2, 0) is 13.2 Å². The Hall–Kier alpha value is -2.36. The van der Waals surface area contributed by atoms with Gasteiger partial charge in [0.25, 0.3) is 0 Å². The number of fused-ring (bicyclic) bond motifs is 1. The fourth-order valence-corrected chi connectivity index (χ4v) is 3.11. The summed E-state index contributed by atoms with van der Waals surface area (Å²) in [5, 5.41) is 6.06. The molecule has 0 atom stereocenters. The van der Waals surface area contributed by atoms with Crippen molar-refractivity contribution in [3.63, 3.8) is 0 Å². The molecule has 3 aromatic carbocycles. The zero-order chi connectivity index (χ0) is 18.4. The molecule has 0 unspecified atom stereocenters. The highest BCUT2D eigenvalue weighted by atomic mass is 16.5. The second-order valence-electron chi connectivity index (χ2n) is 7.02. The van der Waals surface area contributed by atoms with Crippen LogP contribution in [0.15, 0.2) is 60.7 Å². The maximum Gasteiger partial charge on any atom is 0.124 e. The van der Waals surface area contributed by atoms with E-state index < -0.39 is 0 Å². The Morgan fingerprint density at radius 2 is 1.81 bits per heavy atom. The zero-order valence-electron chi connectivity index (χ0n) is 16.0. The topological polar surface area (TPSA) is 24.5 Å². The van der Waals surface area contributed by atoms with Crippen LogP contribution in [0.5, 0.6) is 5.75 Å². The summed E-state index contributed by atoms with van der Waals surface area (Å²) in [6.45, 7) is 5.47. The quantitative estimate of drug-likeness (QED) is 0.612. The summed E-state index contributed by atoms with van der Waals surface area (Å²) in [7, 11) is 4.19. The van der Waals surface area contributed by atoms with E-state index in [9.17, 15) is 0 Å². The molecular weight excluding hydrogens is 320 g/mol. The Labute approximate surface area is 156 Å². The summed E-state index contributed by atoms with van der Waals surface area (Å²) in [4.78, 5) is 2.19. The minimum Gasteiger partial charge on any atom is -0.489 e. The van der Waals surface area contributed by atoms with Crippen LogP contribution in [0.1, 0.15) is 16.7 Å². The molecular formula is C23H28N2O. The Kier molecular flexibility index (Phi) is 6.26. The maximum absolute atomic E-state index is 6.21. The number of rotatable bonds is 8. The fraction of sp³-hybridized carbons (Fsp3) is 0.304. The molecule has 0 aromatic heterocycles. The molecule has 3 heteroatoms. The van der Waals surface area contributed by atoms with Crippen molar-refractivity contribution in [1.29, 1.82) is 0 Å². The lowest BCUT2D eigenvalue weighted by Crippen LogP contribution is -2.26. The highest BCUT2D eigenvalue weighted by molar-refractivity contribution is 5.87. The van der Waals surface area contributed by atoms with Crippen LogP contribution in [0.25, 0.3) is 10.8 Å². The predicted molar refractivity (Wildman–Crippen MR) is 110 cm³/mol. The number of nitrogens with zero attached hydrogens (tertiary/aromatic N) is 1. The minimum atomic E-state index is 0.588. The summed E-state index contributed by atoms with van der Waals surface area (Å²) < 4.78 is 6.21. The number of aryl methyl sites for hydroxylation is 1. The molecule has 0 bridgehead atoms. The molecule has 3 rings (SSSR count). The second-order valence-corrected chi connectivity index (χ2v) is 7.02. The van der Waals surface area contributed by atoms with Gasteiger partial charge in [0.05, 0.1) is 0 Å². The van der Waals surface area contributed by atoms with Crippen LogP contribution in [0.3, 0.4) is 0 Å². The van der Waals surface area contributed by atoms with E-state index in [4.69, 9.17) is 4.74 Å². The van der Waals surface area contributed by atoms with E-state index >= 15 is 0 Å². The van der Waals surface area contributed by atoms with Crippen LogP contribution in [0.2, 0.25) is 0 Å². The number of nitrogens with one attached hydrogen (secondary N) is 1. The standard InChI is InChI=1S/C23H28N2O/c1-18-7-6-8-19(15-18)17-26-23-12-11-20-9-4-5-10-21(20)22(23)16-24-13-14-25(2)3/h4-12,15,24H,13-14,16-17H2,1-3H3. The van der Waals surface area contributed by atoms with Gasteiger partial charge in [-0.25, -0.2) is 0 Å². The number of benzene rings is 3. The van der Waals surface area contributed by atoms with Crippen LogP contribution in [0, 0.1) is 6.92 Å². The lowest BCUT2D eigenvalue weighted by atomic mass is 10.0. The van der Waals surface area contributed by atoms with Gasteiger partial charge in [0.15, 0.2) is 0 Å². The number of ether oxygens (including phenoxy) is 1. The summed E-state index contributed by atoms with van der Waals surface area (Å²) in [5.74, 6) is 0.961. The monoisotopic (exact) mass is 348 g/mol. The van der Waals surface area contributed by atoms with E-state index in [1.54, 1.807) is 0 Å². The minimum absolute atomic E-state index is 0.588. The summed E-state index contributed by atoms with van der Waals surface area (Å²) in [6, 6.07) is 21.2. The number of hydrogen-bond acceptors (Lipinski definition) is 3. The third-order valence-electron chi connectivity index (χ3n) is 4.51. The van der Waals surface area contributed by atoms with Crippen LogP contribution in [-0.4, -0.2) is 32.1 Å². The lowest BCUT2D eigenvalue weighted by molar-refractivity contribution is 0.302. The van der Waals surface area contributed by atoms with E-state index in [0.29, 0.717) is 6.61 Å². The van der Waals surface area contributed by atoms with E-state index in [2.05, 4.69) is 91.9 Å². The highest BCUT2D eigenvalue weighted by Crippen LogP contribution is 2.28. The molecule has 26 heavy (non-hydrogen) atoms. The molecule has 3 aromatic rings. The van der Waals surface area contributed by atoms with Crippen molar-refractivity contribution in [3.8, 4) is 5.75 Å². The third kappa shape index (κ3) is 4.84. The first-order valence-electron chi connectivity index (χ1n) is 9.18. The number of hydrogen-bond donors (Lipinski definition) is 1. The Balaban J connectivity index is 1.80. The van der Waals surface area contributed by atoms with E-state index in [1.165, 1.54) is 27.5 Å². The summed E-state index contributed by atoms with van der Waals surface area (Å²) in [5.41, 5.74) is 3.69. The van der Waals surface area contributed by atoms with Crippen LogP contribution in [0.4, 0.5) is 0 Å². The normalized spacial score (nSPS) is 11.2. The predicted octanol–water partition coefficient (Wildman–Crippen LogP) is 4.38. The van der Waals surface area contributed by atoms with Crippen molar-refractivity contribution >= 4 is 10.8 Å². The number of likely N-dealkylation sites (N-methyl/N-ethyl adjacent to an activating group) is 1. The average molecular weight is 348 g/mol. The maximum atomic E-state index is 6.21. The first-order chi connectivity index (χ1) is 12.6. The molecule has 0 saturated carbocycles. The largest absolute Gasteiger partial charge is 0.489 e. The molecule has 0 amide bonds. The van der Waals surface area contributed by atoms with Gasteiger partial charge in [0.1, 0.15) is 12.4 Å². The third-order valence-corrected chi connectivity index (χ3v) is 4.51. The SMILES string of the molecule is Cc1cccc(COc2ccc3ccccc3c2CNCCN(C)C)c1. The molecule has 0 aliphatic carbocycles. The van der Waals surface area contributed by atoms with E-state index in [-0.39, 0.29) is 0 Å². The first-order valence-corrected chi connectivity index (χ1v) is 9.18. The summed E-state index contributed by atoms with van der Waals surface area (Å²) >= 11 is 0. The van der Waals surface area contributed by atoms with Crippen LogP contribution < -0.4 is 10.1 Å². The van der Waals surface area contributed by atoms with Gasteiger partial charge in [-0.2, -0.15) is 0 Å². The molecule has 0 saturated heterocycles. The highest BCUT2D eigenvalue weighted by Gasteiger charge is 2.09. The van der Waals surface area contributed by atoms with E-state index in [0.717, 1.165) is 25.4 Å². The van der Waals surface area contributed by atoms with Crippen molar-refractivity contribution in [1.82, 2.24) is 10.2 Å². The molecule has 3 nitrogen and oxygen atoms in total. The van der Waals surface area contributed by atoms with Crippen LogP contribution >= 0.6 is 0 Å². The van der Waals surface area contributed by atoms with Crippen molar-refractivity contribution in [2.75, 3.05) is 27.2 Å². The molecule has 0 radical (unpaired) electrons. The van der Waals surface area contributed by atoms with Gasteiger partial charge < -0.3 is 15.0 Å². The van der Waals surface area contributed by atoms with Gasteiger partial charge in [0, 0.05) is 25.2 Å². The molecule has 0 fully saturated rings. The summed E-state index contributed by atoms with van der Waals surface area (Å²) in [6.07, 6.45) is 0. The van der Waals surface area contributed by atoms with Gasteiger partial charge in [0.2, 0.25) is 0 Å². The Bertz CT molecular complexity index is 858. The fourth-order valence-electron chi connectivity index (χ4n) is 3.11. The Morgan fingerprint density at radius 3 is 2.62 bits per heavy atom. The van der Waals surface area contributed by atoms with Gasteiger partial charge in [-0.15, -0.1) is 0 Å². The van der Waals surface area contributed by atoms with Gasteiger partial charge in [-0.05, 0) is 43.4 Å². The smallest absolute Gasteiger partial charge is 0.124 e. The lowest BCUT2D eigenvalue weighted by Gasteiger charge is -2.16. The zero-order valence-corrected chi connectivity index (χ0v) is 16.0. The second kappa shape index (κ2) is 8.84. The first kappa shape index (κ1) is 18.4. The Morgan fingerprint density at radius 1 is 0.962 bits per heavy atom. The van der Waals surface area contributed by atoms with Crippen molar-refractivity contribution in [2.45, 2.75) is 20.1 Å². The average Bonchev–Trinajstić information content (AvgIpc) is 2.64. The van der Waals surface area contributed by atoms with Gasteiger partial charge >= 0.3 is 0 Å². The van der Waals surface area contributed by atoms with Gasteiger partial charge in [-0.3, -0.25) is 0 Å². The van der Waals surface area contributed by atoms with Crippen molar-refractivity contribution in [2.24, 2.45) is 0 Å². The van der Waals surface area contributed by atoms with Crippen molar-refractivity contribution in [3.05, 3.63) is 77.4 Å². The molecule has 0 spiro atoms. The van der Waals surface area contributed by atoms with E-state index in [1.807, 2.05) is 0 Å². The molecule has 0 aliphatic heterocycles.